The minimum Gasteiger partial charge on any atom is -0.657 e. The van der Waals surface area contributed by atoms with E-state index in [1.807, 2.05) is 0 Å². The molecule has 3 aliphatic rings. The molecular weight excluding hydrogens is 486 g/mol. The molecule has 3 fully saturated rings. The van der Waals surface area contributed by atoms with Crippen LogP contribution in [0.25, 0.3) is 5.32 Å². The lowest BCUT2D eigenvalue weighted by Gasteiger charge is -2.47. The van der Waals surface area contributed by atoms with Gasteiger partial charge < -0.3 is 30.7 Å². The first-order valence-electron chi connectivity index (χ1n) is 17.1. The maximum Gasteiger partial charge on any atom is 0.454 e. The number of hydrogen-bond acceptors (Lipinski definition) is 5. The fourth-order valence-electron chi connectivity index (χ4n) is 8.06. The molecule has 0 bridgehead atoms. The molecule has 0 aromatic carbocycles. The second kappa shape index (κ2) is 18.4. The van der Waals surface area contributed by atoms with Crippen molar-refractivity contribution in [3.63, 3.8) is 0 Å². The second-order valence-corrected chi connectivity index (χ2v) is 13.6. The summed E-state index contributed by atoms with van der Waals surface area (Å²) in [5.41, 5.74) is 0. The minimum atomic E-state index is -1.22. The normalized spacial score (nSPS) is 35.8. The second-order valence-electron chi connectivity index (χ2n) is 13.6. The zero-order valence-electron chi connectivity index (χ0n) is 25.4. The van der Waals surface area contributed by atoms with Crippen LogP contribution in [0.4, 0.5) is 0 Å². The van der Waals surface area contributed by atoms with Crippen LogP contribution in [0.2, 0.25) is 11.6 Å². The summed E-state index contributed by atoms with van der Waals surface area (Å²) < 4.78 is 0. The van der Waals surface area contributed by atoms with E-state index in [4.69, 9.17) is 5.32 Å². The Morgan fingerprint density at radius 2 is 1.31 bits per heavy atom. The third-order valence-electron chi connectivity index (χ3n) is 10.6. The number of nitrogens with zero attached hydrogens (tertiary/aromatic N) is 1. The van der Waals surface area contributed by atoms with Gasteiger partial charge in [-0.1, -0.05) is 135 Å². The van der Waals surface area contributed by atoms with Gasteiger partial charge in [-0.05, 0) is 36.8 Å². The summed E-state index contributed by atoms with van der Waals surface area (Å²) in [5, 5.41) is 49.9. The fraction of sp³-hybridized carbons (Fsp3) is 1.00. The first kappa shape index (κ1) is 33.4. The maximum absolute atomic E-state index is 10.1. The van der Waals surface area contributed by atoms with Crippen molar-refractivity contribution in [3.05, 3.63) is 5.32 Å². The van der Waals surface area contributed by atoms with Gasteiger partial charge >= 0.3 is 14.2 Å². The molecule has 0 amide bonds. The van der Waals surface area contributed by atoms with Gasteiger partial charge in [0.05, 0.1) is 0 Å². The lowest BCUT2D eigenvalue weighted by Crippen LogP contribution is -2.46. The Kier molecular flexibility index (Phi) is 15.8. The van der Waals surface area contributed by atoms with Crippen molar-refractivity contribution in [3.8, 4) is 0 Å². The minimum absolute atomic E-state index is 0.0250. The highest BCUT2D eigenvalue weighted by Gasteiger charge is 2.34. The summed E-state index contributed by atoms with van der Waals surface area (Å²) in [6, 6.07) is 1.41. The summed E-state index contributed by atoms with van der Waals surface area (Å²) in [6.45, 7) is 4.74. The van der Waals surface area contributed by atoms with Crippen molar-refractivity contribution in [1.29, 1.82) is 0 Å². The molecular formula is C31H61B2N2O4-. The van der Waals surface area contributed by atoms with E-state index in [9.17, 15) is 20.1 Å². The van der Waals surface area contributed by atoms with Gasteiger partial charge in [-0.3, -0.25) is 0 Å². The smallest absolute Gasteiger partial charge is 0.454 e. The van der Waals surface area contributed by atoms with Gasteiger partial charge in [0.1, 0.15) is 0 Å². The van der Waals surface area contributed by atoms with Crippen LogP contribution in [0, 0.1) is 11.8 Å². The molecule has 0 aliphatic heterocycles. The Morgan fingerprint density at radius 3 is 1.95 bits per heavy atom. The van der Waals surface area contributed by atoms with Crippen LogP contribution in [0.1, 0.15) is 149 Å². The molecule has 5 N–H and O–H groups in total. The van der Waals surface area contributed by atoms with Crippen molar-refractivity contribution < 1.29 is 20.1 Å². The van der Waals surface area contributed by atoms with Gasteiger partial charge in [0.2, 0.25) is 0 Å². The molecule has 3 rings (SSSR count). The molecule has 3 saturated carbocycles. The molecule has 8 atom stereocenters. The molecule has 3 aliphatic carbocycles. The van der Waals surface area contributed by atoms with Crippen molar-refractivity contribution in [2.75, 3.05) is 0 Å². The third kappa shape index (κ3) is 11.6. The van der Waals surface area contributed by atoms with E-state index < -0.39 is 14.2 Å². The highest BCUT2D eigenvalue weighted by Crippen LogP contribution is 2.41. The van der Waals surface area contributed by atoms with Crippen molar-refractivity contribution in [1.82, 2.24) is 5.32 Å². The zero-order chi connectivity index (χ0) is 28.0. The van der Waals surface area contributed by atoms with Gasteiger partial charge in [0, 0.05) is 12.1 Å². The van der Waals surface area contributed by atoms with Gasteiger partial charge in [-0.25, -0.2) is 0 Å². The van der Waals surface area contributed by atoms with Gasteiger partial charge in [-0.2, -0.15) is 0 Å². The predicted molar refractivity (Wildman–Crippen MR) is 165 cm³/mol. The largest absolute Gasteiger partial charge is 0.657 e. The summed E-state index contributed by atoms with van der Waals surface area (Å²) in [6.07, 6.45) is 23.7. The predicted octanol–water partition coefficient (Wildman–Crippen LogP) is 6.62. The quantitative estimate of drug-likeness (QED) is 0.120. The summed E-state index contributed by atoms with van der Waals surface area (Å²) in [7, 11) is -2.44. The molecule has 0 spiro atoms. The molecule has 8 unspecified atom stereocenters. The standard InChI is InChI=1S/C31H61B2N2O4/c1-3-4-9-19-29-24(2)30(34-27-17-12-7-5-10-15-25(22-27)32(36)37)20-14-21-31(29)35-28-18-13-8-6-11-16-26(23-28)33(38)39/h24-31,34,36-39H,3-23H2,1-2H3/q-1. The van der Waals surface area contributed by atoms with Crippen molar-refractivity contribution >= 4 is 14.2 Å². The van der Waals surface area contributed by atoms with Crippen LogP contribution >= 0.6 is 0 Å². The van der Waals surface area contributed by atoms with Crippen molar-refractivity contribution in [2.24, 2.45) is 11.8 Å². The monoisotopic (exact) mass is 547 g/mol. The molecule has 39 heavy (non-hydrogen) atoms. The molecule has 0 aromatic rings. The molecule has 0 saturated heterocycles. The summed E-state index contributed by atoms with van der Waals surface area (Å²) >= 11 is 0. The fourth-order valence-corrected chi connectivity index (χ4v) is 8.06. The van der Waals surface area contributed by atoms with E-state index in [-0.39, 0.29) is 17.7 Å². The van der Waals surface area contributed by atoms with E-state index in [1.54, 1.807) is 0 Å². The Labute approximate surface area is 241 Å². The number of unbranched alkanes of at least 4 members (excludes halogenated alkanes) is 2. The molecule has 0 heterocycles. The van der Waals surface area contributed by atoms with E-state index in [1.165, 1.54) is 77.0 Å². The SMILES string of the molecule is CCCCCC1C([N-]C2CCCCCCC(B(O)O)C2)CCCC(NC2CCCCCCC(B(O)O)C2)C1C. The van der Waals surface area contributed by atoms with Gasteiger partial charge in [0.15, 0.2) is 0 Å². The lowest BCUT2D eigenvalue weighted by molar-refractivity contribution is 0.216. The Balaban J connectivity index is 1.71. The van der Waals surface area contributed by atoms with Crippen LogP contribution in [-0.4, -0.2) is 58.5 Å². The van der Waals surface area contributed by atoms with Gasteiger partial charge in [-0.15, -0.1) is 12.1 Å². The highest BCUT2D eigenvalue weighted by atomic mass is 16.4. The third-order valence-corrected chi connectivity index (χ3v) is 10.6. The zero-order valence-corrected chi connectivity index (χ0v) is 25.4. The van der Waals surface area contributed by atoms with Crippen LogP contribution in [-0.2, 0) is 0 Å². The summed E-state index contributed by atoms with van der Waals surface area (Å²) in [4.78, 5) is 0. The Bertz CT molecular complexity index is 644. The Morgan fingerprint density at radius 1 is 0.692 bits per heavy atom. The summed E-state index contributed by atoms with van der Waals surface area (Å²) in [5.74, 6) is 1.00. The molecule has 0 aromatic heterocycles. The molecule has 6 nitrogen and oxygen atoms in total. The van der Waals surface area contributed by atoms with Crippen LogP contribution in [0.15, 0.2) is 0 Å². The number of rotatable bonds is 10. The molecule has 226 valence electrons. The lowest BCUT2D eigenvalue weighted by atomic mass is 9.67. The first-order valence-corrected chi connectivity index (χ1v) is 17.1. The van der Waals surface area contributed by atoms with E-state index in [0.29, 0.717) is 30.0 Å². The first-order chi connectivity index (χ1) is 18.9. The highest BCUT2D eigenvalue weighted by molar-refractivity contribution is 6.43. The van der Waals surface area contributed by atoms with Crippen LogP contribution < -0.4 is 5.32 Å². The number of nitrogens with one attached hydrogen (secondary N) is 1. The number of hydrogen-bond donors (Lipinski definition) is 5. The molecule has 0 radical (unpaired) electrons. The van der Waals surface area contributed by atoms with E-state index in [0.717, 1.165) is 57.8 Å². The molecule has 8 heteroatoms. The van der Waals surface area contributed by atoms with Crippen LogP contribution in [0.3, 0.4) is 0 Å². The van der Waals surface area contributed by atoms with E-state index in [2.05, 4.69) is 19.2 Å². The average Bonchev–Trinajstić information content (AvgIpc) is 3.01. The van der Waals surface area contributed by atoms with E-state index >= 15 is 0 Å². The Hall–Kier alpha value is -0.110. The van der Waals surface area contributed by atoms with Crippen molar-refractivity contribution in [2.45, 2.75) is 184 Å². The topological polar surface area (TPSA) is 107 Å². The van der Waals surface area contributed by atoms with Gasteiger partial charge in [0.25, 0.3) is 0 Å². The maximum atomic E-state index is 10.1. The van der Waals surface area contributed by atoms with Crippen LogP contribution in [0.5, 0.6) is 0 Å². The average molecular weight is 547 g/mol.